The smallest absolute Gasteiger partial charge is 0.162 e. The molecule has 2 aromatic carbocycles. The molecule has 2 heterocycles. The maximum atomic E-state index is 5.57. The van der Waals surface area contributed by atoms with E-state index in [4.69, 9.17) is 19.4 Å². The second-order valence-corrected chi connectivity index (χ2v) is 8.79. The summed E-state index contributed by atoms with van der Waals surface area (Å²) in [4.78, 5) is 16.9. The van der Waals surface area contributed by atoms with E-state index in [0.717, 1.165) is 48.7 Å². The molecule has 0 amide bonds. The van der Waals surface area contributed by atoms with Gasteiger partial charge < -0.3 is 24.2 Å². The summed E-state index contributed by atoms with van der Waals surface area (Å²) in [6.07, 6.45) is 2.35. The van der Waals surface area contributed by atoms with Gasteiger partial charge in [0.2, 0.25) is 0 Å². The molecule has 0 radical (unpaired) electrons. The fraction of sp³-hybridized carbons (Fsp3) is 0.440. The molecule has 32 heavy (non-hydrogen) atoms. The number of methoxy groups -OCH3 is 2. The van der Waals surface area contributed by atoms with Crippen molar-refractivity contribution < 1.29 is 9.47 Å². The molecule has 5 rings (SSSR count). The van der Waals surface area contributed by atoms with Crippen LogP contribution in [0, 0.1) is 0 Å². The lowest BCUT2D eigenvalue weighted by Crippen LogP contribution is -2.47. The molecule has 0 atom stereocenters. The van der Waals surface area contributed by atoms with Gasteiger partial charge in [0.25, 0.3) is 0 Å². The number of anilines is 3. The zero-order chi connectivity index (χ0) is 22.2. The van der Waals surface area contributed by atoms with Crippen molar-refractivity contribution in [1.82, 2.24) is 9.97 Å². The quantitative estimate of drug-likeness (QED) is 0.584. The van der Waals surface area contributed by atoms with Crippen molar-refractivity contribution >= 4 is 28.1 Å². The predicted octanol–water partition coefficient (Wildman–Crippen LogP) is 3.92. The summed E-state index contributed by atoms with van der Waals surface area (Å²) in [5.74, 6) is 3.88. The van der Waals surface area contributed by atoms with E-state index in [-0.39, 0.29) is 0 Å². The van der Waals surface area contributed by atoms with E-state index in [9.17, 15) is 0 Å². The zero-order valence-electron chi connectivity index (χ0n) is 19.3. The zero-order valence-corrected chi connectivity index (χ0v) is 19.3. The molecular weight excluding hydrogens is 402 g/mol. The number of hydrogen-bond acceptors (Lipinski definition) is 7. The van der Waals surface area contributed by atoms with Crippen molar-refractivity contribution in [3.8, 4) is 11.5 Å². The van der Waals surface area contributed by atoms with Crippen LogP contribution in [0.5, 0.6) is 11.5 Å². The highest BCUT2D eigenvalue weighted by Gasteiger charge is 2.29. The lowest BCUT2D eigenvalue weighted by atomic mass is 10.1. The van der Waals surface area contributed by atoms with E-state index >= 15 is 0 Å². The largest absolute Gasteiger partial charge is 0.493 e. The highest BCUT2D eigenvalue weighted by molar-refractivity contribution is 5.92. The van der Waals surface area contributed by atoms with E-state index in [1.807, 2.05) is 12.1 Å². The van der Waals surface area contributed by atoms with Gasteiger partial charge in [-0.05, 0) is 37.1 Å². The number of benzene rings is 2. The molecule has 2 aliphatic rings. The summed E-state index contributed by atoms with van der Waals surface area (Å²) in [6, 6.07) is 12.7. The molecule has 168 valence electrons. The average molecular weight is 434 g/mol. The summed E-state index contributed by atoms with van der Waals surface area (Å²) in [5.41, 5.74) is 3.42. The predicted molar refractivity (Wildman–Crippen MR) is 130 cm³/mol. The van der Waals surface area contributed by atoms with Crippen LogP contribution in [0.25, 0.3) is 10.9 Å². The Morgan fingerprint density at radius 2 is 1.56 bits per heavy atom. The summed E-state index contributed by atoms with van der Waals surface area (Å²) < 4.78 is 11.1. The van der Waals surface area contributed by atoms with E-state index in [2.05, 4.69) is 53.1 Å². The first kappa shape index (κ1) is 20.7. The molecule has 1 saturated carbocycles. The molecule has 0 spiro atoms. The van der Waals surface area contributed by atoms with Gasteiger partial charge in [0.05, 0.1) is 19.7 Å². The third-order valence-corrected chi connectivity index (χ3v) is 6.43. The minimum absolute atomic E-state index is 0.487. The molecule has 1 saturated heterocycles. The highest BCUT2D eigenvalue weighted by Crippen LogP contribution is 2.42. The summed E-state index contributed by atoms with van der Waals surface area (Å²) >= 11 is 0. The van der Waals surface area contributed by atoms with Crippen LogP contribution in [-0.2, 0) is 0 Å². The van der Waals surface area contributed by atoms with Gasteiger partial charge >= 0.3 is 0 Å². The molecule has 7 heteroatoms. The van der Waals surface area contributed by atoms with Crippen LogP contribution in [0.2, 0.25) is 0 Å². The Hall–Kier alpha value is -3.22. The third-order valence-electron chi connectivity index (χ3n) is 6.43. The minimum Gasteiger partial charge on any atom is -0.493 e. The fourth-order valence-electron chi connectivity index (χ4n) is 4.37. The van der Waals surface area contributed by atoms with Crippen LogP contribution < -0.4 is 24.2 Å². The fourth-order valence-corrected chi connectivity index (χ4v) is 4.37. The molecule has 0 unspecified atom stereocenters. The molecule has 3 aromatic rings. The van der Waals surface area contributed by atoms with Gasteiger partial charge in [-0.25, -0.2) is 9.97 Å². The summed E-state index contributed by atoms with van der Waals surface area (Å²) in [6.45, 7) is 3.73. The number of fused-ring (bicyclic) bond motifs is 1. The Kier molecular flexibility index (Phi) is 5.41. The maximum Gasteiger partial charge on any atom is 0.162 e. The lowest BCUT2D eigenvalue weighted by molar-refractivity contribution is 0.355. The number of piperazine rings is 1. The van der Waals surface area contributed by atoms with Gasteiger partial charge in [0, 0.05) is 69.0 Å². The van der Waals surface area contributed by atoms with Crippen LogP contribution in [0.3, 0.4) is 0 Å². The number of ether oxygens (including phenoxy) is 2. The van der Waals surface area contributed by atoms with Crippen LogP contribution in [0.1, 0.15) is 24.6 Å². The normalized spacial score (nSPS) is 16.4. The molecule has 7 nitrogen and oxygen atoms in total. The van der Waals surface area contributed by atoms with Crippen molar-refractivity contribution in [3.05, 3.63) is 42.2 Å². The number of nitrogens with zero attached hydrogens (tertiary/aromatic N) is 5. The SMILES string of the molecule is COc1cc2nc(C3CC3)nc(N3CCN(c4cccc(N(C)C)c4)CC3)c2cc1OC. The van der Waals surface area contributed by atoms with Gasteiger partial charge in [-0.1, -0.05) is 6.07 Å². The molecule has 1 aliphatic heterocycles. The molecule has 1 aliphatic carbocycles. The van der Waals surface area contributed by atoms with Crippen molar-refractivity contribution in [2.24, 2.45) is 0 Å². The topological polar surface area (TPSA) is 54.0 Å². The molecular formula is C25H31N5O2. The number of rotatable bonds is 6. The first-order valence-electron chi connectivity index (χ1n) is 11.3. The Morgan fingerprint density at radius 1 is 0.875 bits per heavy atom. The Balaban J connectivity index is 1.45. The van der Waals surface area contributed by atoms with Crippen LogP contribution in [-0.4, -0.2) is 64.5 Å². The Bertz CT molecular complexity index is 1120. The van der Waals surface area contributed by atoms with Gasteiger partial charge in [0.15, 0.2) is 11.5 Å². The van der Waals surface area contributed by atoms with Crippen molar-refractivity contribution in [2.75, 3.05) is 69.2 Å². The highest BCUT2D eigenvalue weighted by atomic mass is 16.5. The monoisotopic (exact) mass is 433 g/mol. The van der Waals surface area contributed by atoms with Gasteiger partial charge in [-0.2, -0.15) is 0 Å². The molecule has 0 N–H and O–H groups in total. The number of aromatic nitrogens is 2. The minimum atomic E-state index is 0.487. The maximum absolute atomic E-state index is 5.57. The summed E-state index contributed by atoms with van der Waals surface area (Å²) in [7, 11) is 7.50. The van der Waals surface area contributed by atoms with Crippen LogP contribution in [0.4, 0.5) is 17.2 Å². The van der Waals surface area contributed by atoms with Crippen LogP contribution >= 0.6 is 0 Å². The Morgan fingerprint density at radius 3 is 2.22 bits per heavy atom. The second-order valence-electron chi connectivity index (χ2n) is 8.79. The third kappa shape index (κ3) is 3.87. The van der Waals surface area contributed by atoms with Crippen LogP contribution in [0.15, 0.2) is 36.4 Å². The first-order valence-corrected chi connectivity index (χ1v) is 11.3. The standard InChI is InChI=1S/C25H31N5O2/c1-28(2)18-6-5-7-19(14-18)29-10-12-30(13-11-29)25-20-15-22(31-3)23(32-4)16-21(20)26-24(27-25)17-8-9-17/h5-7,14-17H,8-13H2,1-4H3. The molecule has 0 bridgehead atoms. The van der Waals surface area contributed by atoms with Gasteiger partial charge in [-0.15, -0.1) is 0 Å². The van der Waals surface area contributed by atoms with Crippen molar-refractivity contribution in [3.63, 3.8) is 0 Å². The van der Waals surface area contributed by atoms with Crippen molar-refractivity contribution in [1.29, 1.82) is 0 Å². The average Bonchev–Trinajstić information content (AvgIpc) is 3.68. The molecule has 2 fully saturated rings. The summed E-state index contributed by atoms with van der Waals surface area (Å²) in [5, 5.41) is 1.02. The van der Waals surface area contributed by atoms with Crippen molar-refractivity contribution in [2.45, 2.75) is 18.8 Å². The molecule has 1 aromatic heterocycles. The van der Waals surface area contributed by atoms with Gasteiger partial charge in [-0.3, -0.25) is 0 Å². The van der Waals surface area contributed by atoms with E-state index in [1.54, 1.807) is 14.2 Å². The first-order chi connectivity index (χ1) is 15.6. The number of hydrogen-bond donors (Lipinski definition) is 0. The lowest BCUT2D eigenvalue weighted by Gasteiger charge is -2.37. The van der Waals surface area contributed by atoms with E-state index in [1.165, 1.54) is 24.2 Å². The van der Waals surface area contributed by atoms with Gasteiger partial charge in [0.1, 0.15) is 11.6 Å². The van der Waals surface area contributed by atoms with E-state index < -0.39 is 0 Å². The van der Waals surface area contributed by atoms with E-state index in [0.29, 0.717) is 17.4 Å². The second kappa shape index (κ2) is 8.37. The Labute approximate surface area is 189 Å².